The summed E-state index contributed by atoms with van der Waals surface area (Å²) in [4.78, 5) is 4.27. The molecule has 2 aromatic heterocycles. The molecule has 1 N–H and O–H groups in total. The first kappa shape index (κ1) is 24.9. The van der Waals surface area contributed by atoms with Crippen molar-refractivity contribution in [3.63, 3.8) is 0 Å². The third-order valence-corrected chi connectivity index (χ3v) is 5.47. The number of phenolic OH excluding ortho intramolecular Hbond substituents is 1. The summed E-state index contributed by atoms with van der Waals surface area (Å²) >= 11 is 0. The largest absolute Gasteiger partial charge is 0.741 e. The van der Waals surface area contributed by atoms with Crippen molar-refractivity contribution in [2.24, 2.45) is 7.05 Å². The molecule has 0 aliphatic rings. The number of nitrogens with zero attached hydrogens (tertiary/aromatic N) is 2. The molecular formula is C23H19F3N2O5S. The number of phenols is 1. The number of para-hydroxylation sites is 1. The Hall–Kier alpha value is -3.70. The quantitative estimate of drug-likeness (QED) is 0.262. The first-order chi connectivity index (χ1) is 15.9. The first-order valence-electron chi connectivity index (χ1n) is 9.66. The minimum atomic E-state index is -6.09. The van der Waals surface area contributed by atoms with Crippen LogP contribution in [-0.2, 0) is 17.2 Å². The number of ether oxygens (including phenoxy) is 1. The number of hydrogen-bond acceptors (Lipinski definition) is 6. The van der Waals surface area contributed by atoms with Gasteiger partial charge in [0.05, 0.1) is 12.5 Å². The molecule has 2 aromatic carbocycles. The fourth-order valence-electron chi connectivity index (χ4n) is 3.28. The number of halogens is 3. The molecule has 4 rings (SSSR count). The van der Waals surface area contributed by atoms with Gasteiger partial charge in [0.25, 0.3) is 5.52 Å². The van der Waals surface area contributed by atoms with Gasteiger partial charge in [-0.3, -0.25) is 4.98 Å². The molecule has 0 aliphatic heterocycles. The van der Waals surface area contributed by atoms with E-state index >= 15 is 0 Å². The van der Waals surface area contributed by atoms with Crippen molar-refractivity contribution >= 4 is 44.1 Å². The van der Waals surface area contributed by atoms with Crippen LogP contribution in [0.2, 0.25) is 0 Å². The van der Waals surface area contributed by atoms with E-state index in [0.717, 1.165) is 33.3 Å². The maximum Gasteiger partial charge on any atom is 0.485 e. The predicted molar refractivity (Wildman–Crippen MR) is 120 cm³/mol. The number of methoxy groups -OCH3 is 1. The molecule has 2 heterocycles. The number of alkyl halides is 3. The zero-order valence-electron chi connectivity index (χ0n) is 17.9. The van der Waals surface area contributed by atoms with E-state index in [-0.39, 0.29) is 5.75 Å². The summed E-state index contributed by atoms with van der Waals surface area (Å²) in [6.45, 7) is 0. The van der Waals surface area contributed by atoms with E-state index in [4.69, 9.17) is 17.7 Å². The molecular weight excluding hydrogens is 473 g/mol. The maximum absolute atomic E-state index is 10.7. The van der Waals surface area contributed by atoms with Gasteiger partial charge in [-0.1, -0.05) is 18.2 Å². The fourth-order valence-corrected chi connectivity index (χ4v) is 3.28. The molecule has 7 nitrogen and oxygen atoms in total. The van der Waals surface area contributed by atoms with Crippen molar-refractivity contribution in [1.29, 1.82) is 0 Å². The summed E-state index contributed by atoms with van der Waals surface area (Å²) in [6, 6.07) is 17.6. The zero-order chi connectivity index (χ0) is 25.1. The van der Waals surface area contributed by atoms with Gasteiger partial charge in [-0.2, -0.15) is 17.7 Å². The van der Waals surface area contributed by atoms with Crippen molar-refractivity contribution in [1.82, 2.24) is 4.98 Å². The van der Waals surface area contributed by atoms with Gasteiger partial charge < -0.3 is 14.4 Å². The lowest BCUT2D eigenvalue weighted by atomic mass is 10.1. The van der Waals surface area contributed by atoms with Crippen LogP contribution in [0.5, 0.6) is 11.5 Å². The summed E-state index contributed by atoms with van der Waals surface area (Å²) in [5, 5.41) is 12.0. The Kier molecular flexibility index (Phi) is 7.08. The summed E-state index contributed by atoms with van der Waals surface area (Å²) in [6.07, 6.45) is 5.79. The monoisotopic (exact) mass is 492 g/mol. The molecule has 0 atom stereocenters. The Morgan fingerprint density at radius 1 is 1.06 bits per heavy atom. The Labute approximate surface area is 193 Å². The van der Waals surface area contributed by atoms with Crippen LogP contribution in [0.25, 0.3) is 34.0 Å². The summed E-state index contributed by atoms with van der Waals surface area (Å²) in [5.41, 5.74) is -1.93. The fraction of sp³-hybridized carbons (Fsp3) is 0.130. The topological polar surface area (TPSA) is 103 Å². The molecule has 34 heavy (non-hydrogen) atoms. The Morgan fingerprint density at radius 3 is 2.41 bits per heavy atom. The number of hydrogen-bond donors (Lipinski definition) is 1. The number of pyridine rings is 2. The summed E-state index contributed by atoms with van der Waals surface area (Å²) < 4.78 is 66.5. The van der Waals surface area contributed by atoms with Crippen LogP contribution >= 0.6 is 0 Å². The molecule has 0 aliphatic carbocycles. The third kappa shape index (κ3) is 5.26. The second kappa shape index (κ2) is 9.65. The minimum Gasteiger partial charge on any atom is -0.741 e. The SMILES string of the molecule is COc1cccc2ccc(C=Cc3ccc(O)c4ncccc34)[n+](C)c12.O=S(=O)([O-])C(F)(F)F. The second-order valence-corrected chi connectivity index (χ2v) is 8.39. The lowest BCUT2D eigenvalue weighted by molar-refractivity contribution is -0.646. The van der Waals surface area contributed by atoms with Crippen LogP contribution in [0.4, 0.5) is 13.2 Å². The number of fused-ring (bicyclic) bond motifs is 2. The van der Waals surface area contributed by atoms with Crippen molar-refractivity contribution in [3.8, 4) is 11.5 Å². The molecule has 0 unspecified atom stereocenters. The minimum absolute atomic E-state index is 0.193. The zero-order valence-corrected chi connectivity index (χ0v) is 18.8. The second-order valence-electron chi connectivity index (χ2n) is 7.02. The third-order valence-electron chi connectivity index (χ3n) is 4.91. The van der Waals surface area contributed by atoms with E-state index in [9.17, 15) is 18.3 Å². The van der Waals surface area contributed by atoms with Crippen molar-refractivity contribution < 1.29 is 40.6 Å². The van der Waals surface area contributed by atoms with Crippen LogP contribution in [0.15, 0.2) is 60.8 Å². The highest BCUT2D eigenvalue weighted by atomic mass is 32.2. The smallest absolute Gasteiger partial charge is 0.485 e. The molecule has 11 heteroatoms. The number of aromatic nitrogens is 2. The molecule has 0 spiro atoms. The van der Waals surface area contributed by atoms with E-state index < -0.39 is 15.6 Å². The van der Waals surface area contributed by atoms with Crippen LogP contribution in [-0.4, -0.2) is 35.7 Å². The lowest BCUT2D eigenvalue weighted by Crippen LogP contribution is -2.33. The van der Waals surface area contributed by atoms with Gasteiger partial charge >= 0.3 is 5.51 Å². The van der Waals surface area contributed by atoms with E-state index in [1.54, 1.807) is 19.4 Å². The van der Waals surface area contributed by atoms with Gasteiger partial charge in [-0.05, 0) is 42.0 Å². The highest BCUT2D eigenvalue weighted by molar-refractivity contribution is 7.86. The first-order valence-corrected chi connectivity index (χ1v) is 11.1. The number of benzene rings is 2. The Morgan fingerprint density at radius 2 is 1.76 bits per heavy atom. The average Bonchev–Trinajstić information content (AvgIpc) is 2.78. The number of aryl methyl sites for hydroxylation is 1. The maximum atomic E-state index is 10.7. The highest BCUT2D eigenvalue weighted by Crippen LogP contribution is 2.27. The van der Waals surface area contributed by atoms with E-state index in [0.29, 0.717) is 5.52 Å². The number of rotatable bonds is 3. The van der Waals surface area contributed by atoms with Crippen molar-refractivity contribution in [2.45, 2.75) is 5.51 Å². The summed E-state index contributed by atoms with van der Waals surface area (Å²) in [7, 11) is -2.37. The summed E-state index contributed by atoms with van der Waals surface area (Å²) in [5.74, 6) is 1.04. The molecule has 0 saturated carbocycles. The molecule has 0 bridgehead atoms. The predicted octanol–water partition coefficient (Wildman–Crippen LogP) is 4.15. The van der Waals surface area contributed by atoms with Crippen molar-refractivity contribution in [3.05, 3.63) is 72.1 Å². The van der Waals surface area contributed by atoms with Gasteiger partial charge in [0, 0.05) is 23.7 Å². The van der Waals surface area contributed by atoms with Crippen LogP contribution < -0.4 is 9.30 Å². The average molecular weight is 492 g/mol. The van der Waals surface area contributed by atoms with Gasteiger partial charge in [0.2, 0.25) is 5.69 Å². The molecule has 0 radical (unpaired) electrons. The van der Waals surface area contributed by atoms with Crippen LogP contribution in [0.1, 0.15) is 11.3 Å². The van der Waals surface area contributed by atoms with Gasteiger partial charge in [0.15, 0.2) is 15.9 Å². The molecule has 178 valence electrons. The van der Waals surface area contributed by atoms with Crippen LogP contribution in [0, 0.1) is 0 Å². The number of aromatic hydroxyl groups is 1. The van der Waals surface area contributed by atoms with E-state index in [1.165, 1.54) is 0 Å². The standard InChI is InChI=1S/C22H18N2O2.CHF3O3S/c1-24-17(12-9-16-5-3-7-20(26-2)22(16)24)11-8-15-10-13-19(25)21-18(15)6-4-14-23-21;2-1(3,4)8(5,6)7/h3-14H,1-2H3;(H,5,6,7). The van der Waals surface area contributed by atoms with Crippen LogP contribution in [0.3, 0.4) is 0 Å². The van der Waals surface area contributed by atoms with Gasteiger partial charge in [-0.15, -0.1) is 0 Å². The molecule has 0 fully saturated rings. The molecule has 0 amide bonds. The molecule has 4 aromatic rings. The highest BCUT2D eigenvalue weighted by Gasteiger charge is 2.36. The van der Waals surface area contributed by atoms with Crippen molar-refractivity contribution in [2.75, 3.05) is 7.11 Å². The molecule has 0 saturated heterocycles. The van der Waals surface area contributed by atoms with Gasteiger partial charge in [0.1, 0.15) is 18.3 Å². The van der Waals surface area contributed by atoms with E-state index in [2.05, 4.69) is 33.8 Å². The Bertz CT molecular complexity index is 1490. The van der Waals surface area contributed by atoms with E-state index in [1.807, 2.05) is 43.5 Å². The Balaban J connectivity index is 0.000000350. The lowest BCUT2D eigenvalue weighted by Gasteiger charge is -2.08. The normalized spacial score (nSPS) is 12.1. The van der Waals surface area contributed by atoms with Gasteiger partial charge in [-0.25, -0.2) is 8.42 Å².